The standard InChI is InChI=1S/C17H16O3S/c18-16(13-7-3-1-4-8-13)11-14(17(19)20)12-21-15-9-5-2-6-10-15/h1-10,14H,11-12H2,(H,19,20). The van der Waals surface area contributed by atoms with Crippen LogP contribution in [-0.4, -0.2) is 22.6 Å². The molecule has 1 atom stereocenters. The minimum absolute atomic E-state index is 0.0270. The zero-order valence-corrected chi connectivity index (χ0v) is 12.3. The van der Waals surface area contributed by atoms with Crippen molar-refractivity contribution in [1.82, 2.24) is 0 Å². The predicted octanol–water partition coefficient (Wildman–Crippen LogP) is 3.75. The highest BCUT2D eigenvalue weighted by Crippen LogP contribution is 2.23. The molecule has 0 heterocycles. The van der Waals surface area contributed by atoms with Crippen LogP contribution in [0.4, 0.5) is 0 Å². The van der Waals surface area contributed by atoms with E-state index < -0.39 is 11.9 Å². The van der Waals surface area contributed by atoms with Gasteiger partial charge in [0.15, 0.2) is 5.78 Å². The molecule has 0 amide bonds. The van der Waals surface area contributed by atoms with E-state index in [-0.39, 0.29) is 12.2 Å². The summed E-state index contributed by atoms with van der Waals surface area (Å²) in [5.41, 5.74) is 0.563. The molecule has 0 bridgehead atoms. The Bertz CT molecular complexity index is 596. The van der Waals surface area contributed by atoms with Gasteiger partial charge in [-0.05, 0) is 12.1 Å². The van der Waals surface area contributed by atoms with Gasteiger partial charge in [0.05, 0.1) is 5.92 Å². The van der Waals surface area contributed by atoms with E-state index in [2.05, 4.69) is 0 Å². The summed E-state index contributed by atoms with van der Waals surface area (Å²) in [6.45, 7) is 0. The number of hydrogen-bond acceptors (Lipinski definition) is 3. The van der Waals surface area contributed by atoms with Crippen molar-refractivity contribution < 1.29 is 14.7 Å². The molecule has 0 aliphatic rings. The van der Waals surface area contributed by atoms with Crippen molar-refractivity contribution in [3.05, 3.63) is 66.2 Å². The second-order valence-corrected chi connectivity index (χ2v) is 5.75. The van der Waals surface area contributed by atoms with Crippen LogP contribution in [-0.2, 0) is 4.79 Å². The Labute approximate surface area is 128 Å². The summed E-state index contributed by atoms with van der Waals surface area (Å²) in [6.07, 6.45) is 0.0270. The predicted molar refractivity (Wildman–Crippen MR) is 83.7 cm³/mol. The van der Waals surface area contributed by atoms with Crippen LogP contribution in [0.5, 0.6) is 0 Å². The van der Waals surface area contributed by atoms with Gasteiger partial charge in [0.25, 0.3) is 0 Å². The molecule has 4 heteroatoms. The Hall–Kier alpha value is -2.07. The number of benzene rings is 2. The Morgan fingerprint density at radius 3 is 2.10 bits per heavy atom. The first-order valence-electron chi connectivity index (χ1n) is 6.65. The molecule has 0 saturated carbocycles. The highest BCUT2D eigenvalue weighted by atomic mass is 32.2. The number of carbonyl (C=O) groups is 2. The maximum atomic E-state index is 12.1. The first-order chi connectivity index (χ1) is 10.2. The molecule has 21 heavy (non-hydrogen) atoms. The van der Waals surface area contributed by atoms with E-state index in [1.54, 1.807) is 24.3 Å². The number of aliphatic carboxylic acids is 1. The van der Waals surface area contributed by atoms with Gasteiger partial charge in [-0.2, -0.15) is 0 Å². The number of carbonyl (C=O) groups excluding carboxylic acids is 1. The fourth-order valence-electron chi connectivity index (χ4n) is 1.90. The van der Waals surface area contributed by atoms with Crippen molar-refractivity contribution in [2.24, 2.45) is 5.92 Å². The molecule has 0 aromatic heterocycles. The molecule has 0 fully saturated rings. The van der Waals surface area contributed by atoms with Crippen LogP contribution >= 0.6 is 11.8 Å². The largest absolute Gasteiger partial charge is 0.481 e. The van der Waals surface area contributed by atoms with E-state index in [9.17, 15) is 14.7 Å². The molecule has 0 aliphatic carbocycles. The monoisotopic (exact) mass is 300 g/mol. The van der Waals surface area contributed by atoms with Crippen molar-refractivity contribution in [2.75, 3.05) is 5.75 Å². The van der Waals surface area contributed by atoms with Gasteiger partial charge in [-0.3, -0.25) is 9.59 Å². The van der Waals surface area contributed by atoms with Gasteiger partial charge in [-0.25, -0.2) is 0 Å². The van der Waals surface area contributed by atoms with Crippen molar-refractivity contribution in [3.63, 3.8) is 0 Å². The van der Waals surface area contributed by atoms with Crippen LogP contribution in [0.2, 0.25) is 0 Å². The van der Waals surface area contributed by atoms with Crippen LogP contribution < -0.4 is 0 Å². The van der Waals surface area contributed by atoms with Crippen LogP contribution in [0, 0.1) is 5.92 Å². The third kappa shape index (κ3) is 4.76. The van der Waals surface area contributed by atoms with E-state index >= 15 is 0 Å². The lowest BCUT2D eigenvalue weighted by molar-refractivity contribution is -0.140. The number of ketones is 1. The Balaban J connectivity index is 1.96. The molecular formula is C17H16O3S. The molecule has 1 N–H and O–H groups in total. The van der Waals surface area contributed by atoms with Crippen molar-refractivity contribution >= 4 is 23.5 Å². The summed E-state index contributed by atoms with van der Waals surface area (Å²) in [4.78, 5) is 24.4. The van der Waals surface area contributed by atoms with Crippen LogP contribution in [0.3, 0.4) is 0 Å². The summed E-state index contributed by atoms with van der Waals surface area (Å²) < 4.78 is 0. The molecular weight excluding hydrogens is 284 g/mol. The third-order valence-electron chi connectivity index (χ3n) is 3.07. The zero-order valence-electron chi connectivity index (χ0n) is 11.4. The number of hydrogen-bond donors (Lipinski definition) is 1. The van der Waals surface area contributed by atoms with E-state index in [4.69, 9.17) is 0 Å². The summed E-state index contributed by atoms with van der Waals surface area (Å²) in [5, 5.41) is 9.28. The van der Waals surface area contributed by atoms with Gasteiger partial charge < -0.3 is 5.11 Å². The van der Waals surface area contributed by atoms with Gasteiger partial charge in [-0.15, -0.1) is 11.8 Å². The molecule has 108 valence electrons. The first-order valence-corrected chi connectivity index (χ1v) is 7.64. The highest BCUT2D eigenvalue weighted by Gasteiger charge is 2.22. The van der Waals surface area contributed by atoms with Gasteiger partial charge in [0.1, 0.15) is 0 Å². The lowest BCUT2D eigenvalue weighted by atomic mass is 10.00. The van der Waals surface area contributed by atoms with E-state index in [1.165, 1.54) is 11.8 Å². The summed E-state index contributed by atoms with van der Waals surface area (Å²) in [6, 6.07) is 18.4. The minimum Gasteiger partial charge on any atom is -0.481 e. The van der Waals surface area contributed by atoms with E-state index in [0.717, 1.165) is 4.90 Å². The Morgan fingerprint density at radius 2 is 1.52 bits per heavy atom. The normalized spacial score (nSPS) is 11.8. The average Bonchev–Trinajstić information content (AvgIpc) is 2.52. The summed E-state index contributed by atoms with van der Waals surface area (Å²) in [5.74, 6) is -1.35. The number of rotatable bonds is 7. The quantitative estimate of drug-likeness (QED) is 0.625. The molecule has 0 aliphatic heterocycles. The van der Waals surface area contributed by atoms with Gasteiger partial charge in [0, 0.05) is 22.6 Å². The molecule has 2 aromatic rings. The molecule has 0 radical (unpaired) electrons. The van der Waals surface area contributed by atoms with Crippen molar-refractivity contribution in [1.29, 1.82) is 0 Å². The maximum absolute atomic E-state index is 12.1. The summed E-state index contributed by atoms with van der Waals surface area (Å²) >= 11 is 1.46. The van der Waals surface area contributed by atoms with Gasteiger partial charge >= 0.3 is 5.97 Å². The minimum atomic E-state index is -0.928. The van der Waals surface area contributed by atoms with Crippen molar-refractivity contribution in [2.45, 2.75) is 11.3 Å². The molecule has 0 saturated heterocycles. The fourth-order valence-corrected chi connectivity index (χ4v) is 2.90. The highest BCUT2D eigenvalue weighted by molar-refractivity contribution is 7.99. The summed E-state index contributed by atoms with van der Waals surface area (Å²) in [7, 11) is 0. The molecule has 3 nitrogen and oxygen atoms in total. The maximum Gasteiger partial charge on any atom is 0.307 e. The lowest BCUT2D eigenvalue weighted by Crippen LogP contribution is -2.20. The lowest BCUT2D eigenvalue weighted by Gasteiger charge is -2.11. The third-order valence-corrected chi connectivity index (χ3v) is 4.25. The molecule has 2 aromatic carbocycles. The van der Waals surface area contributed by atoms with Crippen LogP contribution in [0.15, 0.2) is 65.6 Å². The first kappa shape index (κ1) is 15.3. The average molecular weight is 300 g/mol. The number of thioether (sulfide) groups is 1. The Kier molecular flexibility index (Phi) is 5.58. The zero-order chi connectivity index (χ0) is 15.1. The fraction of sp³-hybridized carbons (Fsp3) is 0.176. The molecule has 2 rings (SSSR count). The second kappa shape index (κ2) is 7.64. The number of carboxylic acid groups (broad SMARTS) is 1. The second-order valence-electron chi connectivity index (χ2n) is 4.65. The SMILES string of the molecule is O=C(CC(CSc1ccccc1)C(=O)O)c1ccccc1. The molecule has 1 unspecified atom stereocenters. The van der Waals surface area contributed by atoms with Gasteiger partial charge in [-0.1, -0.05) is 48.5 Å². The van der Waals surface area contributed by atoms with Gasteiger partial charge in [0.2, 0.25) is 0 Å². The van der Waals surface area contributed by atoms with Crippen LogP contribution in [0.25, 0.3) is 0 Å². The number of carboxylic acids is 1. The smallest absolute Gasteiger partial charge is 0.307 e. The topological polar surface area (TPSA) is 54.4 Å². The number of Topliss-reactive ketones (excluding diaryl/α,β-unsaturated/α-hetero) is 1. The van der Waals surface area contributed by atoms with E-state index in [1.807, 2.05) is 36.4 Å². The van der Waals surface area contributed by atoms with Crippen LogP contribution in [0.1, 0.15) is 16.8 Å². The molecule has 0 spiro atoms. The Morgan fingerprint density at radius 1 is 0.952 bits per heavy atom. The van der Waals surface area contributed by atoms with E-state index in [0.29, 0.717) is 11.3 Å². The van der Waals surface area contributed by atoms with Crippen molar-refractivity contribution in [3.8, 4) is 0 Å².